The van der Waals surface area contributed by atoms with E-state index in [4.69, 9.17) is 19.9 Å². The monoisotopic (exact) mass is 279 g/mol. The molecule has 1 heterocycles. The van der Waals surface area contributed by atoms with Crippen LogP contribution in [0.3, 0.4) is 0 Å². The van der Waals surface area contributed by atoms with E-state index in [1.807, 2.05) is 12.1 Å². The van der Waals surface area contributed by atoms with Crippen LogP contribution in [-0.2, 0) is 11.2 Å². The number of nitrogens with two attached hydrogens (primary N) is 1. The molecule has 1 aromatic rings. The summed E-state index contributed by atoms with van der Waals surface area (Å²) in [6, 6.07) is 6.07. The summed E-state index contributed by atoms with van der Waals surface area (Å²) in [7, 11) is 1.68. The molecule has 0 bridgehead atoms. The summed E-state index contributed by atoms with van der Waals surface area (Å²) in [5.74, 6) is 1.68. The minimum absolute atomic E-state index is 0.133. The maximum Gasteiger partial charge on any atom is 0.164 e. The first-order valence-electron chi connectivity index (χ1n) is 7.45. The zero-order chi connectivity index (χ0) is 14.2. The van der Waals surface area contributed by atoms with Crippen molar-refractivity contribution >= 4 is 0 Å². The van der Waals surface area contributed by atoms with E-state index in [2.05, 4.69) is 6.07 Å². The van der Waals surface area contributed by atoms with E-state index in [1.54, 1.807) is 7.11 Å². The average molecular weight is 279 g/mol. The van der Waals surface area contributed by atoms with Crippen LogP contribution in [0.4, 0.5) is 0 Å². The van der Waals surface area contributed by atoms with Crippen molar-refractivity contribution in [2.75, 3.05) is 26.9 Å². The Labute approximate surface area is 121 Å². The maximum absolute atomic E-state index is 6.16. The molecule has 0 radical (unpaired) electrons. The van der Waals surface area contributed by atoms with Gasteiger partial charge in [0.25, 0.3) is 0 Å². The highest BCUT2D eigenvalue weighted by Crippen LogP contribution is 2.33. The van der Waals surface area contributed by atoms with Crippen LogP contribution in [0.15, 0.2) is 18.2 Å². The summed E-state index contributed by atoms with van der Waals surface area (Å²) >= 11 is 0. The Balaban J connectivity index is 2.09. The van der Waals surface area contributed by atoms with Crippen molar-refractivity contribution in [3.63, 3.8) is 0 Å². The Morgan fingerprint density at radius 2 is 2.25 bits per heavy atom. The molecule has 1 atom stereocenters. The van der Waals surface area contributed by atoms with Crippen molar-refractivity contribution in [1.82, 2.24) is 0 Å². The fourth-order valence-corrected chi connectivity index (χ4v) is 2.48. The van der Waals surface area contributed by atoms with Crippen molar-refractivity contribution in [3.05, 3.63) is 23.8 Å². The van der Waals surface area contributed by atoms with Gasteiger partial charge >= 0.3 is 0 Å². The fraction of sp³-hybridized carbons (Fsp3) is 0.625. The standard InChI is InChI=1S/C16H25NO3/c1-18-15-9-4-7-13(6-2-3-10-17)16(15)20-14-8-5-11-19-12-14/h4,7,9,14H,2-3,5-6,8,10-12,17H2,1H3. The van der Waals surface area contributed by atoms with Gasteiger partial charge in [0.2, 0.25) is 0 Å². The van der Waals surface area contributed by atoms with E-state index >= 15 is 0 Å². The number of para-hydroxylation sites is 1. The van der Waals surface area contributed by atoms with Gasteiger partial charge in [-0.3, -0.25) is 0 Å². The van der Waals surface area contributed by atoms with Crippen molar-refractivity contribution < 1.29 is 14.2 Å². The molecule has 0 amide bonds. The first-order chi connectivity index (χ1) is 9.85. The van der Waals surface area contributed by atoms with Gasteiger partial charge in [-0.15, -0.1) is 0 Å². The molecular formula is C16H25NO3. The Kier molecular flexibility index (Phi) is 6.15. The first-order valence-corrected chi connectivity index (χ1v) is 7.45. The van der Waals surface area contributed by atoms with Crippen LogP contribution in [0.25, 0.3) is 0 Å². The van der Waals surface area contributed by atoms with Gasteiger partial charge < -0.3 is 19.9 Å². The van der Waals surface area contributed by atoms with Crippen LogP contribution in [0.5, 0.6) is 11.5 Å². The Morgan fingerprint density at radius 1 is 1.35 bits per heavy atom. The predicted molar refractivity (Wildman–Crippen MR) is 79.5 cm³/mol. The molecule has 0 spiro atoms. The largest absolute Gasteiger partial charge is 0.493 e. The number of ether oxygens (including phenoxy) is 3. The van der Waals surface area contributed by atoms with E-state index in [-0.39, 0.29) is 6.10 Å². The second-order valence-corrected chi connectivity index (χ2v) is 5.15. The molecule has 112 valence electrons. The van der Waals surface area contributed by atoms with Gasteiger partial charge in [-0.25, -0.2) is 0 Å². The number of aryl methyl sites for hydroxylation is 1. The van der Waals surface area contributed by atoms with Gasteiger partial charge in [0, 0.05) is 6.61 Å². The first kappa shape index (κ1) is 15.1. The molecule has 1 fully saturated rings. The van der Waals surface area contributed by atoms with Crippen molar-refractivity contribution in [1.29, 1.82) is 0 Å². The van der Waals surface area contributed by atoms with Crippen LogP contribution in [-0.4, -0.2) is 33.0 Å². The molecule has 4 nitrogen and oxygen atoms in total. The molecular weight excluding hydrogens is 254 g/mol. The Bertz CT molecular complexity index is 403. The molecule has 0 aliphatic carbocycles. The highest BCUT2D eigenvalue weighted by atomic mass is 16.5. The third-order valence-electron chi connectivity index (χ3n) is 3.58. The SMILES string of the molecule is COc1cccc(CCCCN)c1OC1CCCOC1. The van der Waals surface area contributed by atoms with Crippen LogP contribution in [0.2, 0.25) is 0 Å². The van der Waals surface area contributed by atoms with E-state index in [1.165, 1.54) is 5.56 Å². The summed E-state index contributed by atoms with van der Waals surface area (Å²) in [5, 5.41) is 0. The minimum Gasteiger partial charge on any atom is -0.493 e. The molecule has 4 heteroatoms. The van der Waals surface area contributed by atoms with Gasteiger partial charge in [0.05, 0.1) is 13.7 Å². The highest BCUT2D eigenvalue weighted by molar-refractivity contribution is 5.46. The van der Waals surface area contributed by atoms with E-state index in [0.717, 1.165) is 56.8 Å². The quantitative estimate of drug-likeness (QED) is 0.779. The van der Waals surface area contributed by atoms with Crippen LogP contribution in [0.1, 0.15) is 31.2 Å². The van der Waals surface area contributed by atoms with Gasteiger partial charge in [-0.1, -0.05) is 12.1 Å². The van der Waals surface area contributed by atoms with Gasteiger partial charge in [-0.2, -0.15) is 0 Å². The average Bonchev–Trinajstić information content (AvgIpc) is 2.50. The van der Waals surface area contributed by atoms with E-state index in [9.17, 15) is 0 Å². The van der Waals surface area contributed by atoms with Gasteiger partial charge in [0.1, 0.15) is 6.10 Å². The lowest BCUT2D eigenvalue weighted by molar-refractivity contribution is 0.00603. The second kappa shape index (κ2) is 8.12. The number of methoxy groups -OCH3 is 1. The topological polar surface area (TPSA) is 53.7 Å². The smallest absolute Gasteiger partial charge is 0.164 e. The lowest BCUT2D eigenvalue weighted by Crippen LogP contribution is -2.28. The number of hydrogen-bond donors (Lipinski definition) is 1. The number of hydrogen-bond acceptors (Lipinski definition) is 4. The molecule has 1 aliphatic heterocycles. The third kappa shape index (κ3) is 4.12. The molecule has 20 heavy (non-hydrogen) atoms. The normalized spacial score (nSPS) is 18.8. The van der Waals surface area contributed by atoms with Crippen molar-refractivity contribution in [3.8, 4) is 11.5 Å². The van der Waals surface area contributed by atoms with Crippen molar-refractivity contribution in [2.45, 2.75) is 38.2 Å². The second-order valence-electron chi connectivity index (χ2n) is 5.15. The number of unbranched alkanes of at least 4 members (excludes halogenated alkanes) is 1. The molecule has 0 saturated carbocycles. The lowest BCUT2D eigenvalue weighted by atomic mass is 10.1. The number of benzene rings is 1. The predicted octanol–water partition coefficient (Wildman–Crippen LogP) is 2.53. The Hall–Kier alpha value is -1.26. The minimum atomic E-state index is 0.133. The van der Waals surface area contributed by atoms with E-state index in [0.29, 0.717) is 6.61 Å². The summed E-state index contributed by atoms with van der Waals surface area (Å²) in [6.45, 7) is 2.24. The van der Waals surface area contributed by atoms with Crippen LogP contribution in [0, 0.1) is 0 Å². The van der Waals surface area contributed by atoms with E-state index < -0.39 is 0 Å². The maximum atomic E-state index is 6.16. The molecule has 2 rings (SSSR count). The molecule has 1 unspecified atom stereocenters. The fourth-order valence-electron chi connectivity index (χ4n) is 2.48. The van der Waals surface area contributed by atoms with Crippen LogP contribution >= 0.6 is 0 Å². The molecule has 2 N–H and O–H groups in total. The van der Waals surface area contributed by atoms with Gasteiger partial charge in [-0.05, 0) is 50.3 Å². The van der Waals surface area contributed by atoms with Gasteiger partial charge in [0.15, 0.2) is 11.5 Å². The number of rotatable bonds is 7. The lowest BCUT2D eigenvalue weighted by Gasteiger charge is -2.25. The summed E-state index contributed by atoms with van der Waals surface area (Å²) in [4.78, 5) is 0. The molecule has 1 saturated heterocycles. The zero-order valence-electron chi connectivity index (χ0n) is 12.3. The highest BCUT2D eigenvalue weighted by Gasteiger charge is 2.19. The summed E-state index contributed by atoms with van der Waals surface area (Å²) in [6.07, 6.45) is 5.30. The third-order valence-corrected chi connectivity index (χ3v) is 3.58. The van der Waals surface area contributed by atoms with Crippen LogP contribution < -0.4 is 15.2 Å². The molecule has 1 aliphatic rings. The van der Waals surface area contributed by atoms with Crippen molar-refractivity contribution in [2.24, 2.45) is 5.73 Å². The Morgan fingerprint density at radius 3 is 2.95 bits per heavy atom. The summed E-state index contributed by atoms with van der Waals surface area (Å²) < 4.78 is 17.1. The molecule has 1 aromatic carbocycles. The summed E-state index contributed by atoms with van der Waals surface area (Å²) in [5.41, 5.74) is 6.76. The molecule has 0 aromatic heterocycles. The zero-order valence-corrected chi connectivity index (χ0v) is 12.3.